The monoisotopic (exact) mass is 264 g/mol. The second-order valence-electron chi connectivity index (χ2n) is 4.77. The number of aryl methyl sites for hydroxylation is 1. The van der Waals surface area contributed by atoms with Gasteiger partial charge in [-0.25, -0.2) is 0 Å². The van der Waals surface area contributed by atoms with Crippen LogP contribution in [0.1, 0.15) is 21.5 Å². The number of carbonyl (C=O) groups is 1. The van der Waals surface area contributed by atoms with Crippen LogP contribution in [0.5, 0.6) is 0 Å². The molecule has 0 spiro atoms. The number of hydrogen-bond acceptors (Lipinski definition) is 3. The van der Waals surface area contributed by atoms with Crippen LogP contribution < -0.4 is 4.90 Å². The molecule has 0 fully saturated rings. The van der Waals surface area contributed by atoms with E-state index < -0.39 is 0 Å². The van der Waals surface area contributed by atoms with E-state index in [0.29, 0.717) is 11.1 Å². The Labute approximate surface area is 119 Å². The van der Waals surface area contributed by atoms with E-state index in [0.717, 1.165) is 11.3 Å². The summed E-state index contributed by atoms with van der Waals surface area (Å²) in [6, 6.07) is 16.9. The average Bonchev–Trinajstić information content (AvgIpc) is 2.47. The van der Waals surface area contributed by atoms with Crippen molar-refractivity contribution in [1.29, 1.82) is 5.26 Å². The van der Waals surface area contributed by atoms with Crippen LogP contribution in [0.2, 0.25) is 0 Å². The molecule has 20 heavy (non-hydrogen) atoms. The third-order valence-corrected chi connectivity index (χ3v) is 3.19. The molecule has 0 aliphatic carbocycles. The van der Waals surface area contributed by atoms with Gasteiger partial charge in [-0.05, 0) is 19.1 Å². The van der Waals surface area contributed by atoms with E-state index in [1.54, 1.807) is 11.0 Å². The summed E-state index contributed by atoms with van der Waals surface area (Å²) in [5, 5.41) is 9.09. The van der Waals surface area contributed by atoms with Gasteiger partial charge in [0, 0.05) is 12.6 Å². The fraction of sp³-hybridized carbons (Fsp3) is 0.176. The number of anilines is 1. The third kappa shape index (κ3) is 3.04. The molecule has 100 valence electrons. The Morgan fingerprint density at radius 1 is 1.15 bits per heavy atom. The predicted molar refractivity (Wildman–Crippen MR) is 79.9 cm³/mol. The van der Waals surface area contributed by atoms with E-state index in [1.165, 1.54) is 0 Å². The minimum absolute atomic E-state index is 0.0419. The van der Waals surface area contributed by atoms with Crippen LogP contribution in [-0.2, 0) is 0 Å². The van der Waals surface area contributed by atoms with Crippen molar-refractivity contribution in [2.45, 2.75) is 6.92 Å². The quantitative estimate of drug-likeness (QED) is 0.797. The van der Waals surface area contributed by atoms with E-state index in [2.05, 4.69) is 6.07 Å². The van der Waals surface area contributed by atoms with E-state index in [1.807, 2.05) is 56.4 Å². The number of hydrogen-bond donors (Lipinski definition) is 0. The molecule has 2 aromatic carbocycles. The molecule has 3 nitrogen and oxygen atoms in total. The van der Waals surface area contributed by atoms with Gasteiger partial charge < -0.3 is 4.90 Å². The summed E-state index contributed by atoms with van der Waals surface area (Å²) in [6.45, 7) is 2.24. The highest BCUT2D eigenvalue weighted by molar-refractivity contribution is 5.99. The lowest BCUT2D eigenvalue weighted by molar-refractivity contribution is 0.100. The van der Waals surface area contributed by atoms with Gasteiger partial charge in [0.05, 0.1) is 17.8 Å². The van der Waals surface area contributed by atoms with Crippen molar-refractivity contribution in [2.75, 3.05) is 18.5 Å². The Morgan fingerprint density at radius 2 is 1.80 bits per heavy atom. The molecule has 0 bridgehead atoms. The van der Waals surface area contributed by atoms with Gasteiger partial charge in [0.2, 0.25) is 0 Å². The molecule has 0 saturated heterocycles. The number of nitriles is 1. The van der Waals surface area contributed by atoms with Crippen molar-refractivity contribution in [3.63, 3.8) is 0 Å². The average molecular weight is 264 g/mol. The normalized spacial score (nSPS) is 9.85. The Hall–Kier alpha value is -2.60. The number of nitrogens with zero attached hydrogens (tertiary/aromatic N) is 2. The second kappa shape index (κ2) is 6.03. The van der Waals surface area contributed by atoms with Gasteiger partial charge in [0.15, 0.2) is 5.78 Å². The zero-order valence-electron chi connectivity index (χ0n) is 11.6. The number of carbonyl (C=O) groups excluding carboxylic acids is 1. The number of rotatable bonds is 4. The lowest BCUT2D eigenvalue weighted by atomic mass is 10.1. The van der Waals surface area contributed by atoms with Gasteiger partial charge in [0.1, 0.15) is 6.07 Å². The SMILES string of the molecule is Cc1ccc(C(=O)CN(C)c2ccccc2C#N)cc1. The summed E-state index contributed by atoms with van der Waals surface area (Å²) in [4.78, 5) is 14.0. The highest BCUT2D eigenvalue weighted by Crippen LogP contribution is 2.18. The first kappa shape index (κ1) is 13.8. The summed E-state index contributed by atoms with van der Waals surface area (Å²) >= 11 is 0. The molecular weight excluding hydrogens is 248 g/mol. The Bertz CT molecular complexity index is 653. The van der Waals surface area contributed by atoms with Gasteiger partial charge in [-0.3, -0.25) is 4.79 Å². The van der Waals surface area contributed by atoms with Gasteiger partial charge in [-0.15, -0.1) is 0 Å². The van der Waals surface area contributed by atoms with E-state index >= 15 is 0 Å². The molecule has 0 heterocycles. The Balaban J connectivity index is 2.15. The summed E-state index contributed by atoms with van der Waals surface area (Å²) in [6.07, 6.45) is 0. The highest BCUT2D eigenvalue weighted by Gasteiger charge is 2.12. The van der Waals surface area contributed by atoms with Crippen LogP contribution in [0.15, 0.2) is 48.5 Å². The molecular formula is C17H16N2O. The predicted octanol–water partition coefficient (Wildman–Crippen LogP) is 3.19. The maximum absolute atomic E-state index is 12.2. The van der Waals surface area contributed by atoms with E-state index in [9.17, 15) is 4.79 Å². The maximum atomic E-state index is 12.2. The second-order valence-corrected chi connectivity index (χ2v) is 4.77. The topological polar surface area (TPSA) is 44.1 Å². The molecule has 0 atom stereocenters. The Kier molecular flexibility index (Phi) is 4.17. The van der Waals surface area contributed by atoms with Crippen LogP contribution in [0, 0.1) is 18.3 Å². The zero-order chi connectivity index (χ0) is 14.5. The van der Waals surface area contributed by atoms with Crippen LogP contribution in [0.4, 0.5) is 5.69 Å². The first-order valence-corrected chi connectivity index (χ1v) is 6.42. The summed E-state index contributed by atoms with van der Waals surface area (Å²) in [7, 11) is 1.82. The Morgan fingerprint density at radius 3 is 2.45 bits per heavy atom. The molecule has 0 saturated carbocycles. The van der Waals surface area contributed by atoms with Gasteiger partial charge >= 0.3 is 0 Å². The van der Waals surface area contributed by atoms with Crippen molar-refractivity contribution < 1.29 is 4.79 Å². The molecule has 2 aromatic rings. The first-order chi connectivity index (χ1) is 9.61. The van der Waals surface area contributed by atoms with Crippen molar-refractivity contribution in [3.05, 3.63) is 65.2 Å². The van der Waals surface area contributed by atoms with Crippen molar-refractivity contribution in [2.24, 2.45) is 0 Å². The largest absolute Gasteiger partial charge is 0.366 e. The van der Waals surface area contributed by atoms with Crippen molar-refractivity contribution >= 4 is 11.5 Å². The summed E-state index contributed by atoms with van der Waals surface area (Å²) in [5.74, 6) is 0.0419. The molecule has 0 aliphatic heterocycles. The zero-order valence-corrected chi connectivity index (χ0v) is 11.6. The van der Waals surface area contributed by atoms with Gasteiger partial charge in [0.25, 0.3) is 0 Å². The highest BCUT2D eigenvalue weighted by atomic mass is 16.1. The maximum Gasteiger partial charge on any atom is 0.182 e. The number of benzene rings is 2. The third-order valence-electron chi connectivity index (χ3n) is 3.19. The van der Waals surface area contributed by atoms with Crippen LogP contribution in [-0.4, -0.2) is 19.4 Å². The number of likely N-dealkylation sites (N-methyl/N-ethyl adjacent to an activating group) is 1. The number of para-hydroxylation sites is 1. The molecule has 0 aliphatic rings. The number of Topliss-reactive ketones (excluding diaryl/α,β-unsaturated/α-hetero) is 1. The summed E-state index contributed by atoms with van der Waals surface area (Å²) in [5.41, 5.74) is 3.17. The van der Waals surface area contributed by atoms with Crippen molar-refractivity contribution in [3.8, 4) is 6.07 Å². The van der Waals surface area contributed by atoms with Gasteiger partial charge in [-0.2, -0.15) is 5.26 Å². The molecule has 0 unspecified atom stereocenters. The lowest BCUT2D eigenvalue weighted by Gasteiger charge is -2.19. The van der Waals surface area contributed by atoms with Crippen LogP contribution in [0.3, 0.4) is 0 Å². The molecule has 0 aromatic heterocycles. The first-order valence-electron chi connectivity index (χ1n) is 6.42. The standard InChI is InChI=1S/C17H16N2O/c1-13-7-9-14(10-8-13)17(20)12-19(2)16-6-4-3-5-15(16)11-18/h3-10H,12H2,1-2H3. The fourth-order valence-electron chi connectivity index (χ4n) is 2.03. The molecule has 3 heteroatoms. The lowest BCUT2D eigenvalue weighted by Crippen LogP contribution is -2.26. The van der Waals surface area contributed by atoms with Crippen LogP contribution >= 0.6 is 0 Å². The molecule has 0 N–H and O–H groups in total. The molecule has 2 rings (SSSR count). The van der Waals surface area contributed by atoms with E-state index in [4.69, 9.17) is 5.26 Å². The summed E-state index contributed by atoms with van der Waals surface area (Å²) < 4.78 is 0. The minimum atomic E-state index is 0.0419. The van der Waals surface area contributed by atoms with Gasteiger partial charge in [-0.1, -0.05) is 42.0 Å². The fourth-order valence-corrected chi connectivity index (χ4v) is 2.03. The smallest absolute Gasteiger partial charge is 0.182 e. The molecule has 0 amide bonds. The van der Waals surface area contributed by atoms with E-state index in [-0.39, 0.29) is 12.3 Å². The molecule has 0 radical (unpaired) electrons. The number of ketones is 1. The van der Waals surface area contributed by atoms with Crippen molar-refractivity contribution in [1.82, 2.24) is 0 Å². The minimum Gasteiger partial charge on any atom is -0.366 e. The van der Waals surface area contributed by atoms with Crippen LogP contribution in [0.25, 0.3) is 0 Å².